The molecule has 3 aliphatic heterocycles. The summed E-state index contributed by atoms with van der Waals surface area (Å²) in [7, 11) is 0. The zero-order valence-electron chi connectivity index (χ0n) is 19.3. The van der Waals surface area contributed by atoms with Gasteiger partial charge in [-0.2, -0.15) is 0 Å². The second kappa shape index (κ2) is 7.06. The Morgan fingerprint density at radius 1 is 1.20 bits per heavy atom. The molecule has 3 heterocycles. The lowest BCUT2D eigenvalue weighted by Gasteiger charge is -2.47. The van der Waals surface area contributed by atoms with Crippen molar-refractivity contribution in [1.82, 2.24) is 0 Å². The van der Waals surface area contributed by atoms with Crippen LogP contribution in [0, 0.1) is 17.8 Å². The number of ether oxygens (including phenoxy) is 4. The monoisotopic (exact) mass is 420 g/mol. The molecule has 6 heteroatoms. The van der Waals surface area contributed by atoms with Crippen LogP contribution in [0.2, 0.25) is 0 Å². The van der Waals surface area contributed by atoms with E-state index in [0.717, 1.165) is 19.3 Å². The zero-order valence-corrected chi connectivity index (χ0v) is 19.3. The van der Waals surface area contributed by atoms with Crippen molar-refractivity contribution in [3.8, 4) is 0 Å². The second-order valence-electron chi connectivity index (χ2n) is 10.7. The predicted octanol–water partition coefficient (Wildman–Crippen LogP) is 3.96. The fourth-order valence-corrected chi connectivity index (χ4v) is 6.75. The van der Waals surface area contributed by atoms with Gasteiger partial charge in [0.25, 0.3) is 0 Å². The van der Waals surface area contributed by atoms with Gasteiger partial charge in [-0.1, -0.05) is 11.6 Å². The van der Waals surface area contributed by atoms with Crippen LogP contribution in [-0.4, -0.2) is 47.1 Å². The molecule has 3 fully saturated rings. The van der Waals surface area contributed by atoms with E-state index in [1.165, 1.54) is 19.4 Å². The van der Waals surface area contributed by atoms with E-state index < -0.39 is 11.2 Å². The fourth-order valence-electron chi connectivity index (χ4n) is 6.75. The van der Waals surface area contributed by atoms with E-state index in [9.17, 15) is 9.59 Å². The first kappa shape index (κ1) is 21.8. The predicted molar refractivity (Wildman–Crippen MR) is 111 cm³/mol. The molecule has 6 nitrogen and oxygen atoms in total. The van der Waals surface area contributed by atoms with E-state index >= 15 is 0 Å². The molecule has 0 amide bonds. The molecule has 0 aromatic heterocycles. The number of fused-ring (bicyclic) bond motifs is 7. The van der Waals surface area contributed by atoms with Gasteiger partial charge in [-0.3, -0.25) is 9.59 Å². The van der Waals surface area contributed by atoms with E-state index in [0.29, 0.717) is 6.42 Å². The lowest BCUT2D eigenvalue weighted by molar-refractivity contribution is -0.184. The first-order valence-electron chi connectivity index (χ1n) is 11.3. The minimum atomic E-state index is -0.743. The molecule has 0 radical (unpaired) electrons. The topological polar surface area (TPSA) is 74.4 Å². The molecule has 30 heavy (non-hydrogen) atoms. The molecule has 0 N–H and O–H groups in total. The van der Waals surface area contributed by atoms with Crippen LogP contribution in [0.3, 0.4) is 0 Å². The van der Waals surface area contributed by atoms with Crippen molar-refractivity contribution in [3.05, 3.63) is 11.6 Å². The van der Waals surface area contributed by atoms with Gasteiger partial charge >= 0.3 is 11.9 Å². The highest BCUT2D eigenvalue weighted by Crippen LogP contribution is 2.64. The summed E-state index contributed by atoms with van der Waals surface area (Å²) in [6.07, 6.45) is 5.33. The molecule has 1 aliphatic carbocycles. The molecule has 4 rings (SSSR count). The first-order chi connectivity index (χ1) is 13.9. The minimum absolute atomic E-state index is 0.00448. The average molecular weight is 421 g/mol. The van der Waals surface area contributed by atoms with Gasteiger partial charge in [0.05, 0.1) is 17.8 Å². The highest BCUT2D eigenvalue weighted by atomic mass is 16.6. The molecule has 2 saturated heterocycles. The van der Waals surface area contributed by atoms with Gasteiger partial charge in [-0.05, 0) is 60.3 Å². The number of rotatable bonds is 3. The Labute approximate surface area is 179 Å². The number of allylic oxidation sites excluding steroid dienone is 1. The smallest absolute Gasteiger partial charge is 0.303 e. The third kappa shape index (κ3) is 3.50. The molecule has 8 unspecified atom stereocenters. The Balaban J connectivity index is 1.80. The van der Waals surface area contributed by atoms with Crippen molar-refractivity contribution in [2.24, 2.45) is 17.8 Å². The Kier molecular flexibility index (Phi) is 5.13. The Morgan fingerprint density at radius 2 is 1.90 bits per heavy atom. The van der Waals surface area contributed by atoms with E-state index in [1.54, 1.807) is 0 Å². The average Bonchev–Trinajstić information content (AvgIpc) is 3.08. The maximum Gasteiger partial charge on any atom is 0.303 e. The largest absolute Gasteiger partial charge is 0.460 e. The first-order valence-corrected chi connectivity index (χ1v) is 11.3. The molecule has 8 atom stereocenters. The van der Waals surface area contributed by atoms with E-state index in [4.69, 9.17) is 18.9 Å². The van der Waals surface area contributed by atoms with Crippen LogP contribution in [0.4, 0.5) is 0 Å². The Hall–Kier alpha value is -1.40. The van der Waals surface area contributed by atoms with Crippen LogP contribution in [0.1, 0.15) is 74.1 Å². The lowest BCUT2D eigenvalue weighted by Crippen LogP contribution is -2.56. The molecule has 168 valence electrons. The van der Waals surface area contributed by atoms with Crippen molar-refractivity contribution in [1.29, 1.82) is 0 Å². The van der Waals surface area contributed by atoms with Crippen molar-refractivity contribution in [2.45, 2.75) is 109 Å². The molecule has 0 spiro atoms. The summed E-state index contributed by atoms with van der Waals surface area (Å²) in [6, 6.07) is 0. The Morgan fingerprint density at radius 3 is 2.53 bits per heavy atom. The normalized spacial score (nSPS) is 45.1. The van der Waals surface area contributed by atoms with Crippen LogP contribution in [0.15, 0.2) is 11.6 Å². The van der Waals surface area contributed by atoms with Crippen molar-refractivity contribution >= 4 is 11.9 Å². The van der Waals surface area contributed by atoms with Crippen LogP contribution in [-0.2, 0) is 28.5 Å². The van der Waals surface area contributed by atoms with Gasteiger partial charge in [-0.15, -0.1) is 0 Å². The number of epoxide rings is 1. The number of carbonyl (C=O) groups excluding carboxylic acids is 2. The number of carbonyl (C=O) groups is 2. The van der Waals surface area contributed by atoms with Gasteiger partial charge in [0.1, 0.15) is 17.3 Å². The molecule has 0 aromatic carbocycles. The van der Waals surface area contributed by atoms with Crippen LogP contribution in [0.25, 0.3) is 0 Å². The summed E-state index contributed by atoms with van der Waals surface area (Å²) in [5.74, 6) is -0.281. The highest BCUT2D eigenvalue weighted by Gasteiger charge is 2.73. The summed E-state index contributed by atoms with van der Waals surface area (Å²) in [6.45, 7) is 13.3. The van der Waals surface area contributed by atoms with E-state index in [2.05, 4.69) is 19.9 Å². The van der Waals surface area contributed by atoms with Crippen LogP contribution >= 0.6 is 0 Å². The van der Waals surface area contributed by atoms with Gasteiger partial charge < -0.3 is 18.9 Å². The summed E-state index contributed by atoms with van der Waals surface area (Å²) in [5, 5.41) is 0. The maximum absolute atomic E-state index is 12.1. The van der Waals surface area contributed by atoms with Crippen molar-refractivity contribution < 1.29 is 28.5 Å². The van der Waals surface area contributed by atoms with Crippen molar-refractivity contribution in [2.75, 3.05) is 0 Å². The van der Waals surface area contributed by atoms with E-state index in [1.807, 2.05) is 20.8 Å². The quantitative estimate of drug-likeness (QED) is 0.391. The summed E-state index contributed by atoms with van der Waals surface area (Å²) >= 11 is 0. The Bertz CT molecular complexity index is 772. The van der Waals surface area contributed by atoms with Gasteiger partial charge in [0.2, 0.25) is 0 Å². The standard InChI is InChI=1S/C24H36O6/c1-13-9-8-10-23(6,29-15(3)26)21-19-16(22(4,5)28-14(2)25)12-18-24(7,30-18)20(19)17(11-13)27-21/h9,16-21H,8,10-12H2,1-7H3. The number of hydrogen-bond acceptors (Lipinski definition) is 6. The van der Waals surface area contributed by atoms with Crippen molar-refractivity contribution in [3.63, 3.8) is 0 Å². The SMILES string of the molecule is CC(=O)OC(C)(C)C1CC2OC2(C)C2C3CC(C)=CCCC(C)(OC(C)=O)C(O3)C12. The molecule has 0 aromatic rings. The molecular weight excluding hydrogens is 384 g/mol. The highest BCUT2D eigenvalue weighted by molar-refractivity contribution is 5.67. The summed E-state index contributed by atoms with van der Waals surface area (Å²) in [5.41, 5.74) is -0.338. The molecule has 1 saturated carbocycles. The molecule has 4 aliphatic rings. The van der Waals surface area contributed by atoms with Crippen LogP contribution in [0.5, 0.6) is 0 Å². The van der Waals surface area contributed by atoms with Gasteiger partial charge in [0.15, 0.2) is 0 Å². The lowest BCUT2D eigenvalue weighted by atomic mass is 9.58. The number of hydrogen-bond donors (Lipinski definition) is 0. The van der Waals surface area contributed by atoms with Gasteiger partial charge in [0, 0.05) is 31.6 Å². The van der Waals surface area contributed by atoms with Crippen LogP contribution < -0.4 is 0 Å². The van der Waals surface area contributed by atoms with E-state index in [-0.39, 0.29) is 53.6 Å². The maximum atomic E-state index is 12.1. The summed E-state index contributed by atoms with van der Waals surface area (Å²) in [4.78, 5) is 24.0. The minimum Gasteiger partial charge on any atom is -0.460 e. The van der Waals surface area contributed by atoms with Gasteiger partial charge in [-0.25, -0.2) is 0 Å². The number of esters is 2. The summed E-state index contributed by atoms with van der Waals surface area (Å²) < 4.78 is 24.8. The third-order valence-corrected chi connectivity index (χ3v) is 7.99. The molecular formula is C24H36O6. The zero-order chi connectivity index (χ0) is 22.1. The third-order valence-electron chi connectivity index (χ3n) is 7.99. The fraction of sp³-hybridized carbons (Fsp3) is 0.833. The molecule has 2 bridgehead atoms. The second-order valence-corrected chi connectivity index (χ2v) is 10.7.